The quantitative estimate of drug-likeness (QED) is 0.355. The first kappa shape index (κ1) is 25.3. The monoisotopic (exact) mass is 501 g/mol. The summed E-state index contributed by atoms with van der Waals surface area (Å²) in [5.74, 6) is 5.18. The summed E-state index contributed by atoms with van der Waals surface area (Å²) in [7, 11) is 0. The second-order valence-electron chi connectivity index (χ2n) is 9.13. The maximum absolute atomic E-state index is 13.3. The Kier molecular flexibility index (Phi) is 8.30. The van der Waals surface area contributed by atoms with Crippen LogP contribution in [0.5, 0.6) is 5.75 Å². The number of carboxylic acids is 1. The van der Waals surface area contributed by atoms with Gasteiger partial charge in [-0.05, 0) is 72.5 Å². The van der Waals surface area contributed by atoms with Crippen LogP contribution in [0.4, 0.5) is 5.69 Å². The van der Waals surface area contributed by atoms with E-state index in [1.807, 2.05) is 36.4 Å². The van der Waals surface area contributed by atoms with Gasteiger partial charge in [0.25, 0.3) is 0 Å². The number of hydrogen-bond acceptors (Lipinski definition) is 3. The highest BCUT2D eigenvalue weighted by molar-refractivity contribution is 6.30. The molecule has 5 nitrogen and oxygen atoms in total. The molecule has 0 aromatic heterocycles. The summed E-state index contributed by atoms with van der Waals surface area (Å²) in [6.45, 7) is 0.290. The van der Waals surface area contributed by atoms with Crippen molar-refractivity contribution in [2.75, 3.05) is 4.90 Å². The highest BCUT2D eigenvalue weighted by atomic mass is 35.5. The van der Waals surface area contributed by atoms with E-state index < -0.39 is 5.97 Å². The minimum Gasteiger partial charge on any atom is -0.507 e. The average molecular weight is 502 g/mol. The van der Waals surface area contributed by atoms with Crippen molar-refractivity contribution in [3.05, 3.63) is 94.0 Å². The first-order chi connectivity index (χ1) is 17.4. The van der Waals surface area contributed by atoms with Crippen LogP contribution in [0.1, 0.15) is 65.6 Å². The molecule has 0 spiro atoms. The number of benzene rings is 3. The number of anilines is 1. The number of nitrogens with zero attached hydrogens (tertiary/aromatic N) is 1. The van der Waals surface area contributed by atoms with Crippen molar-refractivity contribution >= 4 is 29.2 Å². The molecule has 0 bridgehead atoms. The number of hydrogen-bond donors (Lipinski definition) is 2. The van der Waals surface area contributed by atoms with Crippen molar-refractivity contribution < 1.29 is 19.8 Å². The van der Waals surface area contributed by atoms with Gasteiger partial charge >= 0.3 is 5.97 Å². The summed E-state index contributed by atoms with van der Waals surface area (Å²) in [6, 6.07) is 19.2. The lowest BCUT2D eigenvalue weighted by molar-refractivity contribution is -0.119. The zero-order chi connectivity index (χ0) is 25.5. The average Bonchev–Trinajstić information content (AvgIpc) is 3.40. The molecule has 1 amide bonds. The predicted molar refractivity (Wildman–Crippen MR) is 141 cm³/mol. The molecular formula is C30H28ClNO4. The lowest BCUT2D eigenvalue weighted by Gasteiger charge is -2.24. The summed E-state index contributed by atoms with van der Waals surface area (Å²) in [5, 5.41) is 20.0. The predicted octanol–water partition coefficient (Wildman–Crippen LogP) is 6.65. The number of halogens is 1. The fourth-order valence-electron chi connectivity index (χ4n) is 4.50. The molecule has 0 saturated heterocycles. The number of aromatic carboxylic acids is 1. The summed E-state index contributed by atoms with van der Waals surface area (Å²) in [5.41, 5.74) is 2.82. The Morgan fingerprint density at radius 2 is 1.53 bits per heavy atom. The van der Waals surface area contributed by atoms with E-state index in [-0.39, 0.29) is 23.8 Å². The second-order valence-corrected chi connectivity index (χ2v) is 9.57. The number of carbonyl (C=O) groups excluding carboxylic acids is 1. The van der Waals surface area contributed by atoms with Gasteiger partial charge in [0, 0.05) is 28.3 Å². The molecule has 0 heterocycles. The lowest BCUT2D eigenvalue weighted by atomic mass is 10.0. The molecule has 1 saturated carbocycles. The maximum atomic E-state index is 13.3. The van der Waals surface area contributed by atoms with Crippen molar-refractivity contribution in [1.82, 2.24) is 0 Å². The summed E-state index contributed by atoms with van der Waals surface area (Å²) in [6.07, 6.45) is 5.99. The number of aromatic hydroxyl groups is 1. The van der Waals surface area contributed by atoms with E-state index in [4.69, 9.17) is 11.6 Å². The van der Waals surface area contributed by atoms with Crippen LogP contribution in [-0.2, 0) is 11.3 Å². The van der Waals surface area contributed by atoms with Gasteiger partial charge in [-0.15, -0.1) is 0 Å². The first-order valence-electron chi connectivity index (χ1n) is 12.1. The van der Waals surface area contributed by atoms with E-state index in [1.54, 1.807) is 23.1 Å². The van der Waals surface area contributed by atoms with Gasteiger partial charge in [-0.25, -0.2) is 4.79 Å². The molecule has 1 aliphatic carbocycles. The topological polar surface area (TPSA) is 77.8 Å². The SMILES string of the molecule is O=C(O)c1cc(N(Cc2ccc(C#Cc3ccc(Cl)cc3)cc2)C(=O)CCC2CCCC2)ccc1O. The molecule has 1 fully saturated rings. The highest BCUT2D eigenvalue weighted by Gasteiger charge is 2.22. The van der Waals surface area contributed by atoms with Crippen molar-refractivity contribution in [1.29, 1.82) is 0 Å². The van der Waals surface area contributed by atoms with Crippen LogP contribution in [0.15, 0.2) is 66.7 Å². The van der Waals surface area contributed by atoms with Crippen LogP contribution in [0.2, 0.25) is 5.02 Å². The summed E-state index contributed by atoms with van der Waals surface area (Å²) >= 11 is 5.92. The smallest absolute Gasteiger partial charge is 0.339 e. The summed E-state index contributed by atoms with van der Waals surface area (Å²) < 4.78 is 0. The Morgan fingerprint density at radius 1 is 0.917 bits per heavy atom. The molecule has 4 rings (SSSR count). The maximum Gasteiger partial charge on any atom is 0.339 e. The molecule has 3 aromatic carbocycles. The number of carboxylic acid groups (broad SMARTS) is 1. The van der Waals surface area contributed by atoms with Gasteiger partial charge in [0.15, 0.2) is 0 Å². The van der Waals surface area contributed by atoms with Crippen LogP contribution in [0.3, 0.4) is 0 Å². The zero-order valence-electron chi connectivity index (χ0n) is 19.9. The largest absolute Gasteiger partial charge is 0.507 e. The van der Waals surface area contributed by atoms with E-state index in [1.165, 1.54) is 25.0 Å². The lowest BCUT2D eigenvalue weighted by Crippen LogP contribution is -2.30. The van der Waals surface area contributed by atoms with Gasteiger partial charge in [-0.3, -0.25) is 4.79 Å². The molecular weight excluding hydrogens is 474 g/mol. The molecule has 3 aromatic rings. The molecule has 184 valence electrons. The number of rotatable bonds is 7. The molecule has 2 N–H and O–H groups in total. The van der Waals surface area contributed by atoms with Gasteiger partial charge in [-0.1, -0.05) is 61.3 Å². The number of phenols is 1. The van der Waals surface area contributed by atoms with Crippen molar-refractivity contribution in [2.45, 2.75) is 45.1 Å². The minimum atomic E-state index is -1.24. The normalized spacial score (nSPS) is 13.1. The van der Waals surface area contributed by atoms with Gasteiger partial charge in [0.05, 0.1) is 6.54 Å². The highest BCUT2D eigenvalue weighted by Crippen LogP contribution is 2.30. The molecule has 1 aliphatic rings. The Bertz CT molecular complexity index is 1280. The van der Waals surface area contributed by atoms with Crippen LogP contribution < -0.4 is 4.90 Å². The molecule has 0 radical (unpaired) electrons. The van der Waals surface area contributed by atoms with Crippen molar-refractivity contribution in [3.8, 4) is 17.6 Å². The van der Waals surface area contributed by atoms with Crippen LogP contribution in [0.25, 0.3) is 0 Å². The first-order valence-corrected chi connectivity index (χ1v) is 12.5. The van der Waals surface area contributed by atoms with E-state index in [0.29, 0.717) is 23.0 Å². The van der Waals surface area contributed by atoms with Gasteiger partial charge in [-0.2, -0.15) is 0 Å². The van der Waals surface area contributed by atoms with E-state index in [9.17, 15) is 19.8 Å². The third kappa shape index (κ3) is 6.68. The van der Waals surface area contributed by atoms with Crippen LogP contribution in [0, 0.1) is 17.8 Å². The Balaban J connectivity index is 1.53. The Hall–Kier alpha value is -3.75. The van der Waals surface area contributed by atoms with Gasteiger partial charge < -0.3 is 15.1 Å². The number of amides is 1. The molecule has 0 aliphatic heterocycles. The number of carbonyl (C=O) groups is 2. The summed E-state index contributed by atoms with van der Waals surface area (Å²) in [4.78, 5) is 26.5. The minimum absolute atomic E-state index is 0.0597. The third-order valence-electron chi connectivity index (χ3n) is 6.55. The molecule has 0 unspecified atom stereocenters. The van der Waals surface area contributed by atoms with Crippen LogP contribution >= 0.6 is 11.6 Å². The molecule has 6 heteroatoms. The fourth-order valence-corrected chi connectivity index (χ4v) is 4.63. The van der Waals surface area contributed by atoms with Crippen molar-refractivity contribution in [3.63, 3.8) is 0 Å². The van der Waals surface area contributed by atoms with Gasteiger partial charge in [0.2, 0.25) is 5.91 Å². The molecule has 0 atom stereocenters. The van der Waals surface area contributed by atoms with Crippen molar-refractivity contribution in [2.24, 2.45) is 5.92 Å². The second kappa shape index (κ2) is 11.8. The zero-order valence-corrected chi connectivity index (χ0v) is 20.7. The molecule has 36 heavy (non-hydrogen) atoms. The standard InChI is InChI=1S/C30H28ClNO4/c31-25-14-11-23(12-15-25)6-5-22-7-9-24(10-8-22)20-32(29(34)18-13-21-3-1-2-4-21)26-16-17-28(33)27(19-26)30(35)36/h7-12,14-17,19,21,33H,1-4,13,18,20H2,(H,35,36). The van der Waals surface area contributed by atoms with Gasteiger partial charge in [0.1, 0.15) is 11.3 Å². The van der Waals surface area contributed by atoms with E-state index in [0.717, 1.165) is 36.0 Å². The van der Waals surface area contributed by atoms with Crippen LogP contribution in [-0.4, -0.2) is 22.1 Å². The fraction of sp³-hybridized carbons (Fsp3) is 0.267. The third-order valence-corrected chi connectivity index (χ3v) is 6.81. The van der Waals surface area contributed by atoms with E-state index >= 15 is 0 Å². The van der Waals surface area contributed by atoms with E-state index in [2.05, 4.69) is 11.8 Å². The Labute approximate surface area is 216 Å². The Morgan fingerprint density at radius 3 is 2.14 bits per heavy atom.